The van der Waals surface area contributed by atoms with E-state index in [0.717, 1.165) is 17.3 Å². The highest BCUT2D eigenvalue weighted by molar-refractivity contribution is 5.97. The zero-order chi connectivity index (χ0) is 21.6. The lowest BCUT2D eigenvalue weighted by molar-refractivity contribution is 0.0999. The van der Waals surface area contributed by atoms with E-state index < -0.39 is 11.7 Å². The Labute approximate surface area is 173 Å². The van der Waals surface area contributed by atoms with E-state index in [4.69, 9.17) is 5.73 Å². The molecule has 156 valence electrons. The maximum Gasteiger partial charge on any atom is 0.251 e. The standard InChI is InChI=1S/C23H24F2N4O/c1-12-6-21-19(16-5-4-14(10-27-3)7-20(16)25)11-28-29(21)22-17(13(12)2)8-15(24)9-18(22)23(26)30/h4-5,7-9,11-13,27H,6,10H2,1-3H3,(H2,26,30). The van der Waals surface area contributed by atoms with E-state index in [-0.39, 0.29) is 23.2 Å². The molecule has 1 amide bonds. The molecule has 1 aromatic heterocycles. The summed E-state index contributed by atoms with van der Waals surface area (Å²) in [6, 6.07) is 7.71. The lowest BCUT2D eigenvalue weighted by Crippen LogP contribution is -2.18. The van der Waals surface area contributed by atoms with Gasteiger partial charge in [0, 0.05) is 17.7 Å². The molecule has 5 nitrogen and oxygen atoms in total. The fourth-order valence-electron chi connectivity index (χ4n) is 4.26. The summed E-state index contributed by atoms with van der Waals surface area (Å²) in [5, 5.41) is 7.49. The number of rotatable bonds is 4. The van der Waals surface area contributed by atoms with Crippen molar-refractivity contribution >= 4 is 5.91 Å². The normalized spacial score (nSPS) is 17.9. The first kappa shape index (κ1) is 20.2. The van der Waals surface area contributed by atoms with Gasteiger partial charge in [-0.05, 0) is 54.6 Å². The minimum Gasteiger partial charge on any atom is -0.366 e. The Bertz CT molecular complexity index is 1140. The summed E-state index contributed by atoms with van der Waals surface area (Å²) >= 11 is 0. The van der Waals surface area contributed by atoms with Gasteiger partial charge in [0.2, 0.25) is 0 Å². The van der Waals surface area contributed by atoms with Crippen LogP contribution in [-0.2, 0) is 13.0 Å². The largest absolute Gasteiger partial charge is 0.366 e. The molecule has 3 aromatic rings. The highest BCUT2D eigenvalue weighted by atomic mass is 19.1. The maximum atomic E-state index is 14.9. The number of primary amides is 1. The third-order valence-corrected chi connectivity index (χ3v) is 6.01. The van der Waals surface area contributed by atoms with Gasteiger partial charge in [0.25, 0.3) is 5.91 Å². The second-order valence-electron chi connectivity index (χ2n) is 7.99. The number of hydrogen-bond donors (Lipinski definition) is 2. The average molecular weight is 410 g/mol. The first-order valence-corrected chi connectivity index (χ1v) is 9.95. The van der Waals surface area contributed by atoms with Crippen molar-refractivity contribution in [2.75, 3.05) is 7.05 Å². The first-order chi connectivity index (χ1) is 14.3. The highest BCUT2D eigenvalue weighted by Crippen LogP contribution is 2.40. The molecular weight excluding hydrogens is 386 g/mol. The van der Waals surface area contributed by atoms with Gasteiger partial charge >= 0.3 is 0 Å². The molecule has 1 aliphatic rings. The lowest BCUT2D eigenvalue weighted by atomic mass is 9.85. The number of nitrogens with two attached hydrogens (primary N) is 1. The number of fused-ring (bicyclic) bond motifs is 3. The van der Waals surface area contributed by atoms with Crippen LogP contribution in [0.5, 0.6) is 0 Å². The molecule has 2 heterocycles. The zero-order valence-corrected chi connectivity index (χ0v) is 17.2. The molecule has 0 spiro atoms. The first-order valence-electron chi connectivity index (χ1n) is 9.95. The van der Waals surface area contributed by atoms with Crippen LogP contribution < -0.4 is 11.1 Å². The van der Waals surface area contributed by atoms with Crippen LogP contribution in [0.25, 0.3) is 16.8 Å². The number of amides is 1. The smallest absolute Gasteiger partial charge is 0.251 e. The van der Waals surface area contributed by atoms with Gasteiger partial charge < -0.3 is 11.1 Å². The molecule has 30 heavy (non-hydrogen) atoms. The second kappa shape index (κ2) is 7.65. The van der Waals surface area contributed by atoms with Crippen LogP contribution in [0, 0.1) is 17.6 Å². The monoisotopic (exact) mass is 410 g/mol. The molecule has 2 atom stereocenters. The molecule has 4 rings (SSSR count). The summed E-state index contributed by atoms with van der Waals surface area (Å²) < 4.78 is 30.8. The van der Waals surface area contributed by atoms with Gasteiger partial charge in [-0.15, -0.1) is 0 Å². The van der Waals surface area contributed by atoms with E-state index in [1.807, 2.05) is 20.0 Å². The number of nitrogens with zero attached hydrogens (tertiary/aromatic N) is 2. The third kappa shape index (κ3) is 3.29. The van der Waals surface area contributed by atoms with Crippen LogP contribution in [0.3, 0.4) is 0 Å². The van der Waals surface area contributed by atoms with E-state index in [1.54, 1.807) is 16.9 Å². The van der Waals surface area contributed by atoms with Gasteiger partial charge in [0.15, 0.2) is 0 Å². The Kier molecular flexibility index (Phi) is 5.15. The van der Waals surface area contributed by atoms with Gasteiger partial charge in [-0.3, -0.25) is 4.79 Å². The van der Waals surface area contributed by atoms with Crippen molar-refractivity contribution in [2.24, 2.45) is 11.7 Å². The van der Waals surface area contributed by atoms with Crippen molar-refractivity contribution in [2.45, 2.75) is 32.7 Å². The van der Waals surface area contributed by atoms with Crippen LogP contribution in [-0.4, -0.2) is 22.7 Å². The van der Waals surface area contributed by atoms with Crippen molar-refractivity contribution in [3.05, 3.63) is 70.5 Å². The minimum absolute atomic E-state index is 0.0359. The summed E-state index contributed by atoms with van der Waals surface area (Å²) in [6.07, 6.45) is 2.20. The summed E-state index contributed by atoms with van der Waals surface area (Å²) in [5.41, 5.74) is 9.53. The van der Waals surface area contributed by atoms with Crippen molar-refractivity contribution in [3.8, 4) is 16.8 Å². The van der Waals surface area contributed by atoms with E-state index in [9.17, 15) is 13.6 Å². The molecule has 7 heteroatoms. The lowest BCUT2D eigenvalue weighted by Gasteiger charge is -2.19. The van der Waals surface area contributed by atoms with Crippen molar-refractivity contribution in [3.63, 3.8) is 0 Å². The molecule has 2 unspecified atom stereocenters. The third-order valence-electron chi connectivity index (χ3n) is 6.01. The highest BCUT2D eigenvalue weighted by Gasteiger charge is 2.31. The molecule has 0 aliphatic carbocycles. The fourth-order valence-corrected chi connectivity index (χ4v) is 4.26. The van der Waals surface area contributed by atoms with E-state index in [2.05, 4.69) is 17.3 Å². The van der Waals surface area contributed by atoms with Crippen LogP contribution in [0.2, 0.25) is 0 Å². The number of hydrogen-bond acceptors (Lipinski definition) is 3. The SMILES string of the molecule is CNCc1ccc(-c2cnn3c2CC(C)C(C)c2cc(F)cc(C(N)=O)c2-3)c(F)c1. The predicted molar refractivity (Wildman–Crippen MR) is 111 cm³/mol. The molecule has 3 N–H and O–H groups in total. The molecule has 0 saturated heterocycles. The number of halogens is 2. The van der Waals surface area contributed by atoms with Gasteiger partial charge in [-0.1, -0.05) is 26.0 Å². The van der Waals surface area contributed by atoms with Crippen LogP contribution in [0.15, 0.2) is 36.5 Å². The molecule has 0 bridgehead atoms. The Morgan fingerprint density at radius 2 is 2.00 bits per heavy atom. The number of carbonyl (C=O) groups excluding carboxylic acids is 1. The van der Waals surface area contributed by atoms with Gasteiger partial charge in [-0.25, -0.2) is 13.5 Å². The van der Waals surface area contributed by atoms with E-state index >= 15 is 0 Å². The topological polar surface area (TPSA) is 72.9 Å². The average Bonchev–Trinajstić information content (AvgIpc) is 3.05. The summed E-state index contributed by atoms with van der Waals surface area (Å²) in [4.78, 5) is 12.1. The van der Waals surface area contributed by atoms with Crippen LogP contribution >= 0.6 is 0 Å². The Hall–Kier alpha value is -3.06. The summed E-state index contributed by atoms with van der Waals surface area (Å²) in [6.45, 7) is 4.62. The maximum absolute atomic E-state index is 14.9. The van der Waals surface area contributed by atoms with Crippen molar-refractivity contribution in [1.29, 1.82) is 0 Å². The number of aromatic nitrogens is 2. The Balaban J connectivity index is 1.95. The Morgan fingerprint density at radius 3 is 2.67 bits per heavy atom. The van der Waals surface area contributed by atoms with Gasteiger partial charge in [-0.2, -0.15) is 5.10 Å². The summed E-state index contributed by atoms with van der Waals surface area (Å²) in [5.74, 6) is -1.49. The summed E-state index contributed by atoms with van der Waals surface area (Å²) in [7, 11) is 1.81. The quantitative estimate of drug-likeness (QED) is 0.685. The number of nitrogens with one attached hydrogen (secondary N) is 1. The second-order valence-corrected chi connectivity index (χ2v) is 7.99. The molecule has 0 radical (unpaired) electrons. The van der Waals surface area contributed by atoms with E-state index in [1.165, 1.54) is 12.1 Å². The predicted octanol–water partition coefficient (Wildman–Crippen LogP) is 3.93. The van der Waals surface area contributed by atoms with Gasteiger partial charge in [0.1, 0.15) is 11.6 Å². The van der Waals surface area contributed by atoms with Crippen LogP contribution in [0.1, 0.15) is 46.9 Å². The van der Waals surface area contributed by atoms with Crippen molar-refractivity contribution in [1.82, 2.24) is 15.1 Å². The van der Waals surface area contributed by atoms with Gasteiger partial charge in [0.05, 0.1) is 23.1 Å². The van der Waals surface area contributed by atoms with E-state index in [0.29, 0.717) is 35.3 Å². The number of carbonyl (C=O) groups is 1. The zero-order valence-electron chi connectivity index (χ0n) is 17.2. The minimum atomic E-state index is -0.724. The molecular formula is C23H24F2N4O. The van der Waals surface area contributed by atoms with Crippen LogP contribution in [0.4, 0.5) is 8.78 Å². The van der Waals surface area contributed by atoms with Crippen molar-refractivity contribution < 1.29 is 13.6 Å². The molecule has 1 aliphatic heterocycles. The molecule has 2 aromatic carbocycles. The molecule has 0 saturated carbocycles. The Morgan fingerprint density at radius 1 is 1.23 bits per heavy atom. The fraction of sp³-hybridized carbons (Fsp3) is 0.304. The molecule has 0 fully saturated rings. The number of benzene rings is 2.